The molecular formula is C22H22ClNO4. The molecule has 0 aliphatic carbocycles. The maximum absolute atomic E-state index is 13.0. The normalized spacial score (nSPS) is 16.7. The van der Waals surface area contributed by atoms with Crippen LogP contribution in [0.3, 0.4) is 0 Å². The summed E-state index contributed by atoms with van der Waals surface area (Å²) in [7, 11) is 0. The second kappa shape index (κ2) is 8.48. The maximum atomic E-state index is 13.0. The summed E-state index contributed by atoms with van der Waals surface area (Å²) < 4.78 is 0. The van der Waals surface area contributed by atoms with Gasteiger partial charge in [0.25, 0.3) is 5.91 Å². The topological polar surface area (TPSA) is 77.8 Å². The van der Waals surface area contributed by atoms with E-state index in [1.807, 2.05) is 37.3 Å². The number of Topliss-reactive ketones (excluding diaryl/α,β-unsaturated/α-hetero) is 1. The van der Waals surface area contributed by atoms with Crippen LogP contribution < -0.4 is 0 Å². The third-order valence-corrected chi connectivity index (χ3v) is 5.14. The molecule has 1 amide bonds. The minimum atomic E-state index is -0.714. The molecule has 0 spiro atoms. The Bertz CT molecular complexity index is 923. The number of carbonyl (C=O) groups is 2. The molecule has 28 heavy (non-hydrogen) atoms. The fraction of sp³-hybridized carbons (Fsp3) is 0.273. The minimum absolute atomic E-state index is 0.0815. The molecule has 0 bridgehead atoms. The Kier molecular flexibility index (Phi) is 6.05. The van der Waals surface area contributed by atoms with Crippen molar-refractivity contribution in [3.63, 3.8) is 0 Å². The lowest BCUT2D eigenvalue weighted by Gasteiger charge is -2.26. The van der Waals surface area contributed by atoms with Crippen LogP contribution in [-0.4, -0.2) is 33.3 Å². The Morgan fingerprint density at radius 1 is 1.14 bits per heavy atom. The number of hydrogen-bond acceptors (Lipinski definition) is 4. The Morgan fingerprint density at radius 2 is 1.86 bits per heavy atom. The molecule has 0 saturated heterocycles. The number of aryl methyl sites for hydroxylation is 1. The van der Waals surface area contributed by atoms with Crippen LogP contribution in [-0.2, 0) is 16.0 Å². The van der Waals surface area contributed by atoms with Gasteiger partial charge in [0.2, 0.25) is 0 Å². The van der Waals surface area contributed by atoms with Crippen LogP contribution in [0.15, 0.2) is 59.9 Å². The first-order valence-corrected chi connectivity index (χ1v) is 9.61. The first-order chi connectivity index (χ1) is 13.4. The van der Waals surface area contributed by atoms with Crippen LogP contribution in [0.25, 0.3) is 0 Å². The van der Waals surface area contributed by atoms with Crippen LogP contribution in [0.1, 0.15) is 36.9 Å². The second-order valence-electron chi connectivity index (χ2n) is 6.78. The van der Waals surface area contributed by atoms with Gasteiger partial charge in [0, 0.05) is 13.0 Å². The molecule has 1 atom stereocenters. The Labute approximate surface area is 168 Å². The van der Waals surface area contributed by atoms with Crippen molar-refractivity contribution >= 4 is 23.3 Å². The first-order valence-electron chi connectivity index (χ1n) is 9.23. The molecule has 1 heterocycles. The zero-order chi connectivity index (χ0) is 20.3. The average molecular weight is 400 g/mol. The van der Waals surface area contributed by atoms with Crippen LogP contribution in [0, 0.1) is 0 Å². The quantitative estimate of drug-likeness (QED) is 0.725. The van der Waals surface area contributed by atoms with Crippen molar-refractivity contribution in [1.29, 1.82) is 0 Å². The van der Waals surface area contributed by atoms with Gasteiger partial charge in [-0.25, -0.2) is 0 Å². The van der Waals surface area contributed by atoms with E-state index in [1.165, 1.54) is 17.0 Å². The lowest BCUT2D eigenvalue weighted by Crippen LogP contribution is -2.31. The number of hydrogen-bond donors (Lipinski definition) is 2. The molecule has 0 fully saturated rings. The van der Waals surface area contributed by atoms with Gasteiger partial charge in [0.1, 0.15) is 5.75 Å². The smallest absolute Gasteiger partial charge is 0.290 e. The van der Waals surface area contributed by atoms with Crippen molar-refractivity contribution in [3.05, 3.63) is 76.0 Å². The number of nitrogens with zero attached hydrogens (tertiary/aromatic N) is 1. The van der Waals surface area contributed by atoms with Crippen molar-refractivity contribution in [3.8, 4) is 5.75 Å². The zero-order valence-corrected chi connectivity index (χ0v) is 16.3. The highest BCUT2D eigenvalue weighted by atomic mass is 35.5. The predicted molar refractivity (Wildman–Crippen MR) is 107 cm³/mol. The predicted octanol–water partition coefficient (Wildman–Crippen LogP) is 4.35. The van der Waals surface area contributed by atoms with Gasteiger partial charge in [0.05, 0.1) is 16.6 Å². The number of aliphatic hydroxyl groups excluding tert-OH is 1. The van der Waals surface area contributed by atoms with Crippen LogP contribution in [0.4, 0.5) is 0 Å². The van der Waals surface area contributed by atoms with Crippen LogP contribution in [0.2, 0.25) is 5.02 Å². The van der Waals surface area contributed by atoms with Gasteiger partial charge < -0.3 is 15.1 Å². The number of phenolic OH excluding ortho intramolecular Hbond substituents is 1. The summed E-state index contributed by atoms with van der Waals surface area (Å²) in [6.45, 7) is 2.31. The number of carbonyl (C=O) groups excluding carboxylic acids is 2. The van der Waals surface area contributed by atoms with Gasteiger partial charge in [-0.15, -0.1) is 0 Å². The molecule has 1 aliphatic rings. The van der Waals surface area contributed by atoms with E-state index in [2.05, 4.69) is 0 Å². The SMILES string of the molecule is CCCN1C(=O)C(O)=C(C(=O)CCc2ccccc2)C1c1ccc(O)c(Cl)c1. The van der Waals surface area contributed by atoms with E-state index in [1.54, 1.807) is 6.07 Å². The number of phenols is 1. The van der Waals surface area contributed by atoms with Crippen molar-refractivity contribution in [1.82, 2.24) is 4.90 Å². The third-order valence-electron chi connectivity index (χ3n) is 4.84. The van der Waals surface area contributed by atoms with Crippen molar-refractivity contribution < 1.29 is 19.8 Å². The highest BCUT2D eigenvalue weighted by Gasteiger charge is 2.42. The molecule has 146 valence electrons. The first kappa shape index (κ1) is 20.0. The van der Waals surface area contributed by atoms with Crippen LogP contribution in [0.5, 0.6) is 5.75 Å². The number of ketones is 1. The van der Waals surface area contributed by atoms with E-state index in [9.17, 15) is 19.8 Å². The number of amides is 1. The highest BCUT2D eigenvalue weighted by Crippen LogP contribution is 2.40. The van der Waals surface area contributed by atoms with Crippen molar-refractivity contribution in [2.45, 2.75) is 32.2 Å². The molecule has 1 aliphatic heterocycles. The fourth-order valence-electron chi connectivity index (χ4n) is 3.49. The molecule has 3 rings (SSSR count). The number of benzene rings is 2. The molecule has 6 heteroatoms. The molecule has 1 unspecified atom stereocenters. The Hall–Kier alpha value is -2.79. The molecule has 0 aromatic heterocycles. The monoisotopic (exact) mass is 399 g/mol. The molecular weight excluding hydrogens is 378 g/mol. The Balaban J connectivity index is 1.93. The van der Waals surface area contributed by atoms with Crippen LogP contribution >= 0.6 is 11.6 Å². The summed E-state index contributed by atoms with van der Waals surface area (Å²) in [5.74, 6) is -1.41. The van der Waals surface area contributed by atoms with E-state index in [-0.39, 0.29) is 28.5 Å². The minimum Gasteiger partial charge on any atom is -0.506 e. The van der Waals surface area contributed by atoms with Gasteiger partial charge in [0.15, 0.2) is 11.5 Å². The summed E-state index contributed by atoms with van der Waals surface area (Å²) >= 11 is 6.04. The van der Waals surface area contributed by atoms with Crippen molar-refractivity contribution in [2.75, 3.05) is 6.54 Å². The Morgan fingerprint density at radius 3 is 2.50 bits per heavy atom. The van der Waals surface area contributed by atoms with Gasteiger partial charge >= 0.3 is 0 Å². The van der Waals surface area contributed by atoms with Gasteiger partial charge in [-0.3, -0.25) is 9.59 Å². The van der Waals surface area contributed by atoms with E-state index in [4.69, 9.17) is 11.6 Å². The highest BCUT2D eigenvalue weighted by molar-refractivity contribution is 6.32. The van der Waals surface area contributed by atoms with Gasteiger partial charge in [-0.2, -0.15) is 0 Å². The average Bonchev–Trinajstić information content (AvgIpc) is 2.94. The summed E-state index contributed by atoms with van der Waals surface area (Å²) in [6.07, 6.45) is 1.37. The molecule has 5 nitrogen and oxygen atoms in total. The summed E-state index contributed by atoms with van der Waals surface area (Å²) in [4.78, 5) is 27.1. The standard InChI is InChI=1S/C22H22ClNO4/c1-2-12-24-20(15-9-11-17(25)16(23)13-15)19(21(27)22(24)28)18(26)10-8-14-6-4-3-5-7-14/h3-7,9,11,13,20,25,27H,2,8,10,12H2,1H3. The van der Waals surface area contributed by atoms with Gasteiger partial charge in [-0.1, -0.05) is 54.9 Å². The number of aromatic hydroxyl groups is 1. The van der Waals surface area contributed by atoms with E-state index < -0.39 is 17.7 Å². The number of halogens is 1. The summed E-state index contributed by atoms with van der Waals surface area (Å²) in [5, 5.41) is 20.3. The number of aliphatic hydroxyl groups is 1. The van der Waals surface area contributed by atoms with E-state index in [0.29, 0.717) is 24.9 Å². The second-order valence-corrected chi connectivity index (χ2v) is 7.19. The van der Waals surface area contributed by atoms with Crippen molar-refractivity contribution in [2.24, 2.45) is 0 Å². The molecule has 2 N–H and O–H groups in total. The number of rotatable bonds is 7. The maximum Gasteiger partial charge on any atom is 0.290 e. The largest absolute Gasteiger partial charge is 0.506 e. The fourth-order valence-corrected chi connectivity index (χ4v) is 3.68. The summed E-state index contributed by atoms with van der Waals surface area (Å²) in [6, 6.07) is 13.4. The van der Waals surface area contributed by atoms with Gasteiger partial charge in [-0.05, 0) is 36.1 Å². The lowest BCUT2D eigenvalue weighted by molar-refractivity contribution is -0.129. The molecule has 0 saturated carbocycles. The molecule has 2 aromatic rings. The van der Waals surface area contributed by atoms with E-state index >= 15 is 0 Å². The zero-order valence-electron chi connectivity index (χ0n) is 15.6. The third kappa shape index (κ3) is 3.90. The molecule has 2 aromatic carbocycles. The summed E-state index contributed by atoms with van der Waals surface area (Å²) in [5.41, 5.74) is 1.68. The molecule has 0 radical (unpaired) electrons. The van der Waals surface area contributed by atoms with E-state index in [0.717, 1.165) is 5.56 Å². The lowest BCUT2D eigenvalue weighted by atomic mass is 9.93.